The number of nitrogens with zero attached hydrogens (tertiary/aromatic N) is 2. The van der Waals surface area contributed by atoms with Crippen LogP contribution in [0.1, 0.15) is 45.1 Å². The third-order valence-electron chi connectivity index (χ3n) is 4.47. The zero-order valence-electron chi connectivity index (χ0n) is 16.6. The van der Waals surface area contributed by atoms with Crippen molar-refractivity contribution in [2.75, 3.05) is 13.1 Å². The molecular weight excluding hydrogens is 392 g/mol. The summed E-state index contributed by atoms with van der Waals surface area (Å²) in [4.78, 5) is 2.29. The van der Waals surface area contributed by atoms with Crippen molar-refractivity contribution < 1.29 is 8.42 Å². The molecule has 0 atom stereocenters. The molecule has 6 heteroatoms. The van der Waals surface area contributed by atoms with Gasteiger partial charge < -0.3 is 4.90 Å². The van der Waals surface area contributed by atoms with Crippen molar-refractivity contribution in [3.8, 4) is 0 Å². The highest BCUT2D eigenvalue weighted by Crippen LogP contribution is 2.18. The van der Waals surface area contributed by atoms with Crippen molar-refractivity contribution in [1.29, 1.82) is 0 Å². The molecule has 0 N–H and O–H groups in total. The molecule has 0 spiro atoms. The number of rotatable bonds is 10. The molecule has 0 saturated carbocycles. The van der Waals surface area contributed by atoms with Gasteiger partial charge in [0.2, 0.25) is 0 Å². The summed E-state index contributed by atoms with van der Waals surface area (Å²) in [6.45, 7) is 5.88. The molecule has 0 aliphatic carbocycles. The van der Waals surface area contributed by atoms with Gasteiger partial charge in [-0.1, -0.05) is 68.6 Å². The van der Waals surface area contributed by atoms with Gasteiger partial charge in [0, 0.05) is 24.5 Å². The molecule has 2 aromatic rings. The minimum atomic E-state index is -3.80. The second-order valence-electron chi connectivity index (χ2n) is 6.79. The third kappa shape index (κ3) is 6.95. The first kappa shape index (κ1) is 22.4. The van der Waals surface area contributed by atoms with Crippen LogP contribution < -0.4 is 0 Å². The number of hydrogen-bond acceptors (Lipinski definition) is 2. The molecule has 0 fully saturated rings. The predicted molar refractivity (Wildman–Crippen MR) is 118 cm³/mol. The number of sulfonamides is 1. The molecule has 0 saturated heterocycles. The van der Waals surface area contributed by atoms with Crippen LogP contribution in [-0.4, -0.2) is 32.2 Å². The molecule has 0 aromatic heterocycles. The van der Waals surface area contributed by atoms with E-state index < -0.39 is 10.0 Å². The zero-order chi connectivity index (χ0) is 20.4. The Morgan fingerprint density at radius 3 is 2.04 bits per heavy atom. The van der Waals surface area contributed by atoms with E-state index in [0.717, 1.165) is 44.3 Å². The van der Waals surface area contributed by atoms with Crippen LogP contribution in [0.4, 0.5) is 0 Å². The Hall–Kier alpha value is -1.85. The quantitative estimate of drug-likeness (QED) is 0.372. The fourth-order valence-corrected chi connectivity index (χ4v) is 4.01. The van der Waals surface area contributed by atoms with Crippen LogP contribution in [0.3, 0.4) is 0 Å². The lowest BCUT2D eigenvalue weighted by atomic mass is 10.1. The Bertz CT molecular complexity index is 842. The summed E-state index contributed by atoms with van der Waals surface area (Å²) in [5.41, 5.74) is 1.05. The van der Waals surface area contributed by atoms with E-state index in [4.69, 9.17) is 11.6 Å². The third-order valence-corrected chi connectivity index (χ3v) is 6.04. The molecule has 0 radical (unpaired) electrons. The first-order valence-electron chi connectivity index (χ1n) is 9.84. The summed E-state index contributed by atoms with van der Waals surface area (Å²) >= 11 is 5.90. The summed E-state index contributed by atoms with van der Waals surface area (Å²) in [5, 5.41) is 0.500. The zero-order valence-corrected chi connectivity index (χ0v) is 18.2. The molecule has 0 aliphatic rings. The van der Waals surface area contributed by atoms with E-state index in [1.807, 2.05) is 30.3 Å². The van der Waals surface area contributed by atoms with Gasteiger partial charge in [0.15, 0.2) is 0 Å². The van der Waals surface area contributed by atoms with Gasteiger partial charge in [0.1, 0.15) is 5.84 Å². The Morgan fingerprint density at radius 2 is 1.50 bits per heavy atom. The summed E-state index contributed by atoms with van der Waals surface area (Å²) in [6, 6.07) is 16.0. The average molecular weight is 421 g/mol. The lowest BCUT2D eigenvalue weighted by molar-refractivity contribution is 0.393. The standard InChI is InChI=1S/C22H29ClN2O2S/c1-3-5-16-25(17-6-4-2)22(18-19-10-8-7-9-11-19)24-28(26,27)21-14-12-20(23)13-15-21/h7-15H,3-6,16-18H2,1-2H3. The number of amidine groups is 1. The first-order chi connectivity index (χ1) is 13.5. The van der Waals surface area contributed by atoms with Gasteiger partial charge in [-0.2, -0.15) is 8.42 Å². The molecule has 0 aliphatic heterocycles. The van der Waals surface area contributed by atoms with Gasteiger partial charge in [-0.05, 0) is 42.7 Å². The Balaban J connectivity index is 2.41. The molecule has 0 heterocycles. The number of benzene rings is 2. The van der Waals surface area contributed by atoms with Crippen LogP contribution >= 0.6 is 11.6 Å². The summed E-state index contributed by atoms with van der Waals surface area (Å²) in [7, 11) is -3.80. The highest BCUT2D eigenvalue weighted by Gasteiger charge is 2.19. The fourth-order valence-electron chi connectivity index (χ4n) is 2.85. The largest absolute Gasteiger partial charge is 0.359 e. The van der Waals surface area contributed by atoms with Crippen LogP contribution in [0.15, 0.2) is 63.9 Å². The molecular formula is C22H29ClN2O2S. The Kier molecular flexibility index (Phi) is 9.00. The lowest BCUT2D eigenvalue weighted by Crippen LogP contribution is -2.35. The average Bonchev–Trinajstić information content (AvgIpc) is 2.68. The maximum absolute atomic E-state index is 12.9. The van der Waals surface area contributed by atoms with E-state index in [9.17, 15) is 8.42 Å². The number of hydrogen-bond donors (Lipinski definition) is 0. The van der Waals surface area contributed by atoms with E-state index in [1.54, 1.807) is 12.1 Å². The molecule has 0 unspecified atom stereocenters. The maximum Gasteiger partial charge on any atom is 0.283 e. The summed E-state index contributed by atoms with van der Waals surface area (Å²) in [6.07, 6.45) is 4.58. The summed E-state index contributed by atoms with van der Waals surface area (Å²) in [5.74, 6) is 0.600. The minimum Gasteiger partial charge on any atom is -0.359 e. The van der Waals surface area contributed by atoms with Crippen LogP contribution in [0.5, 0.6) is 0 Å². The minimum absolute atomic E-state index is 0.161. The van der Waals surface area contributed by atoms with E-state index in [2.05, 4.69) is 23.1 Å². The molecule has 2 aromatic carbocycles. The van der Waals surface area contributed by atoms with Crippen molar-refractivity contribution in [3.63, 3.8) is 0 Å². The van der Waals surface area contributed by atoms with Crippen LogP contribution in [0.2, 0.25) is 5.02 Å². The number of unbranched alkanes of at least 4 members (excludes halogenated alkanes) is 2. The maximum atomic E-state index is 12.9. The highest BCUT2D eigenvalue weighted by molar-refractivity contribution is 7.90. The predicted octanol–water partition coefficient (Wildman–Crippen LogP) is 5.57. The first-order valence-corrected chi connectivity index (χ1v) is 11.7. The van der Waals surface area contributed by atoms with E-state index in [-0.39, 0.29) is 4.90 Å². The highest BCUT2D eigenvalue weighted by atomic mass is 35.5. The Morgan fingerprint density at radius 1 is 0.929 bits per heavy atom. The smallest absolute Gasteiger partial charge is 0.283 e. The van der Waals surface area contributed by atoms with Gasteiger partial charge >= 0.3 is 0 Å². The normalized spacial score (nSPS) is 12.2. The second kappa shape index (κ2) is 11.2. The van der Waals surface area contributed by atoms with Crippen molar-refractivity contribution in [2.45, 2.75) is 50.8 Å². The van der Waals surface area contributed by atoms with Gasteiger partial charge in [0.25, 0.3) is 10.0 Å². The van der Waals surface area contributed by atoms with Crippen molar-refractivity contribution in [2.24, 2.45) is 4.40 Å². The Labute approximate surface area is 174 Å². The van der Waals surface area contributed by atoms with Crippen molar-refractivity contribution >= 4 is 27.5 Å². The molecule has 0 bridgehead atoms. The number of halogens is 1. The summed E-state index contributed by atoms with van der Waals surface area (Å²) < 4.78 is 30.2. The van der Waals surface area contributed by atoms with Gasteiger partial charge in [0.05, 0.1) is 4.90 Å². The van der Waals surface area contributed by atoms with Gasteiger partial charge in [-0.25, -0.2) is 0 Å². The van der Waals surface area contributed by atoms with Crippen LogP contribution in [0, 0.1) is 0 Å². The molecule has 28 heavy (non-hydrogen) atoms. The molecule has 0 amide bonds. The van der Waals surface area contributed by atoms with Gasteiger partial charge in [-0.3, -0.25) is 0 Å². The fraction of sp³-hybridized carbons (Fsp3) is 0.409. The lowest BCUT2D eigenvalue weighted by Gasteiger charge is -2.26. The van der Waals surface area contributed by atoms with Crippen molar-refractivity contribution in [3.05, 3.63) is 65.2 Å². The molecule has 2 rings (SSSR count). The van der Waals surface area contributed by atoms with E-state index in [0.29, 0.717) is 17.3 Å². The monoisotopic (exact) mass is 420 g/mol. The van der Waals surface area contributed by atoms with Crippen molar-refractivity contribution in [1.82, 2.24) is 4.90 Å². The van der Waals surface area contributed by atoms with Crippen LogP contribution in [-0.2, 0) is 16.4 Å². The topological polar surface area (TPSA) is 49.7 Å². The van der Waals surface area contributed by atoms with E-state index >= 15 is 0 Å². The van der Waals surface area contributed by atoms with Crippen LogP contribution in [0.25, 0.3) is 0 Å². The molecule has 4 nitrogen and oxygen atoms in total. The molecule has 152 valence electrons. The second-order valence-corrected chi connectivity index (χ2v) is 8.83. The van der Waals surface area contributed by atoms with E-state index in [1.165, 1.54) is 12.1 Å². The van der Waals surface area contributed by atoms with Gasteiger partial charge in [-0.15, -0.1) is 4.40 Å². The SMILES string of the molecule is CCCCN(CCCC)C(Cc1ccccc1)=NS(=O)(=O)c1ccc(Cl)cc1.